The first-order valence-corrected chi connectivity index (χ1v) is 22.7. The minimum atomic E-state index is -1.46. The van der Waals surface area contributed by atoms with Crippen LogP contribution in [0.4, 0.5) is 9.59 Å². The standard InChI is InChI=1S/C55H62N2O12/c1-62-47-25-17-43(18-26-47)54(41-13-7-5-8-14-41,44-19-27-48(63-2)28-20-44)68-35-11-33-56-51(60)66-39-53(37-58,38-59)40-67-52(61)57-34-12-36-69-55(42-15-9-6-10-16-42,45-21-29-49(64-3)30-22-45)46-23-31-50(65-4)32-24-46/h5-10,13-32,58-59H,11-12,33-40H2,1-4H3,(H,56,60)(H,57,61). The van der Waals surface area contributed by atoms with Crippen LogP contribution in [0, 0.1) is 5.41 Å². The van der Waals surface area contributed by atoms with Crippen LogP contribution in [0.25, 0.3) is 0 Å². The second-order valence-electron chi connectivity index (χ2n) is 16.2. The molecule has 0 spiro atoms. The number of aliphatic hydroxyl groups is 2. The summed E-state index contributed by atoms with van der Waals surface area (Å²) in [5.74, 6) is 2.82. The molecule has 0 aliphatic rings. The van der Waals surface area contributed by atoms with Crippen molar-refractivity contribution in [3.8, 4) is 23.0 Å². The fourth-order valence-electron chi connectivity index (χ4n) is 7.94. The first kappa shape index (κ1) is 51.3. The molecule has 0 radical (unpaired) electrons. The summed E-state index contributed by atoms with van der Waals surface area (Å²) in [6.07, 6.45) is -0.737. The lowest BCUT2D eigenvalue weighted by Crippen LogP contribution is -2.43. The highest BCUT2D eigenvalue weighted by atomic mass is 16.6. The van der Waals surface area contributed by atoms with Gasteiger partial charge in [-0.1, -0.05) is 109 Å². The van der Waals surface area contributed by atoms with E-state index < -0.39 is 55.2 Å². The van der Waals surface area contributed by atoms with Gasteiger partial charge < -0.3 is 58.7 Å². The average molecular weight is 943 g/mol. The summed E-state index contributed by atoms with van der Waals surface area (Å²) in [6.45, 7) is -1.24. The number of nitrogens with one attached hydrogen (secondary N) is 2. The number of methoxy groups -OCH3 is 4. The molecule has 0 unspecified atom stereocenters. The number of amides is 2. The maximum atomic E-state index is 12.9. The molecule has 2 amide bonds. The molecule has 0 fully saturated rings. The van der Waals surface area contributed by atoms with Gasteiger partial charge in [0, 0.05) is 13.1 Å². The molecule has 4 N–H and O–H groups in total. The topological polar surface area (TPSA) is 172 Å². The second-order valence-corrected chi connectivity index (χ2v) is 16.2. The molecule has 6 aromatic carbocycles. The molecule has 6 rings (SSSR count). The quantitative estimate of drug-likeness (QED) is 0.0304. The van der Waals surface area contributed by atoms with Gasteiger partial charge in [-0.3, -0.25) is 0 Å². The van der Waals surface area contributed by atoms with Crippen LogP contribution in [-0.2, 0) is 30.1 Å². The van der Waals surface area contributed by atoms with Crippen molar-refractivity contribution in [2.45, 2.75) is 24.0 Å². The summed E-state index contributed by atoms with van der Waals surface area (Å²) >= 11 is 0. The first-order chi connectivity index (χ1) is 33.7. The van der Waals surface area contributed by atoms with E-state index in [1.807, 2.05) is 158 Å². The number of alkyl carbamates (subject to hydrolysis) is 2. The molecule has 0 saturated carbocycles. The smallest absolute Gasteiger partial charge is 0.407 e. The Bertz CT molecular complexity index is 2180. The second kappa shape index (κ2) is 25.3. The van der Waals surface area contributed by atoms with E-state index in [9.17, 15) is 19.8 Å². The molecule has 69 heavy (non-hydrogen) atoms. The molecule has 14 heteroatoms. The van der Waals surface area contributed by atoms with Gasteiger partial charge in [-0.05, 0) is 94.8 Å². The van der Waals surface area contributed by atoms with Crippen molar-refractivity contribution >= 4 is 12.2 Å². The van der Waals surface area contributed by atoms with Crippen molar-refractivity contribution < 1.29 is 57.7 Å². The number of hydrogen-bond donors (Lipinski definition) is 4. The molecule has 0 bridgehead atoms. The Morgan fingerprint density at radius 3 is 0.957 bits per heavy atom. The van der Waals surface area contributed by atoms with E-state index in [0.717, 1.165) is 33.4 Å². The van der Waals surface area contributed by atoms with Crippen LogP contribution in [0.15, 0.2) is 158 Å². The zero-order valence-electron chi connectivity index (χ0n) is 39.6. The summed E-state index contributed by atoms with van der Waals surface area (Å²) in [6, 6.07) is 50.6. The molecule has 0 aliphatic heterocycles. The van der Waals surface area contributed by atoms with Gasteiger partial charge in [-0.2, -0.15) is 0 Å². The Hall–Kier alpha value is -7.10. The van der Waals surface area contributed by atoms with Gasteiger partial charge in [-0.25, -0.2) is 9.59 Å². The minimum absolute atomic E-state index is 0.190. The van der Waals surface area contributed by atoms with Gasteiger partial charge in [0.1, 0.15) is 47.4 Å². The fraction of sp³-hybridized carbons (Fsp3) is 0.309. The maximum Gasteiger partial charge on any atom is 0.407 e. The molecule has 364 valence electrons. The lowest BCUT2D eigenvalue weighted by atomic mass is 9.80. The van der Waals surface area contributed by atoms with E-state index in [2.05, 4.69) is 10.6 Å². The Morgan fingerprint density at radius 1 is 0.420 bits per heavy atom. The summed E-state index contributed by atoms with van der Waals surface area (Å²) < 4.78 is 46.3. The molecule has 0 saturated heterocycles. The highest BCUT2D eigenvalue weighted by Gasteiger charge is 2.39. The third-order valence-electron chi connectivity index (χ3n) is 11.9. The van der Waals surface area contributed by atoms with Crippen LogP contribution in [0.3, 0.4) is 0 Å². The van der Waals surface area contributed by atoms with E-state index in [-0.39, 0.29) is 26.3 Å². The Labute approximate surface area is 404 Å². The van der Waals surface area contributed by atoms with Crippen molar-refractivity contribution in [2.75, 3.05) is 81.2 Å². The van der Waals surface area contributed by atoms with Gasteiger partial charge in [0.2, 0.25) is 0 Å². The number of carbonyl (C=O) groups is 2. The van der Waals surface area contributed by atoms with Crippen LogP contribution in [-0.4, -0.2) is 104 Å². The van der Waals surface area contributed by atoms with E-state index >= 15 is 0 Å². The highest BCUT2D eigenvalue weighted by Crippen LogP contribution is 2.43. The van der Waals surface area contributed by atoms with Crippen molar-refractivity contribution in [3.63, 3.8) is 0 Å². The Balaban J connectivity index is 1.01. The van der Waals surface area contributed by atoms with Crippen molar-refractivity contribution in [1.82, 2.24) is 10.6 Å². The molecule has 6 aromatic rings. The molecule has 14 nitrogen and oxygen atoms in total. The SMILES string of the molecule is COc1ccc(C(OCCCNC(=O)OCC(CO)(CO)COC(=O)NCCCOC(c2ccccc2)(c2ccc(OC)cc2)c2ccc(OC)cc2)(c2ccccc2)c2ccc(OC)cc2)cc1. The number of aliphatic hydroxyl groups excluding tert-OH is 2. The molecule has 0 heterocycles. The highest BCUT2D eigenvalue weighted by molar-refractivity contribution is 5.67. The summed E-state index contributed by atoms with van der Waals surface area (Å²) in [7, 11) is 6.46. The lowest BCUT2D eigenvalue weighted by molar-refractivity contribution is -0.0418. The normalized spacial score (nSPS) is 11.6. The largest absolute Gasteiger partial charge is 0.497 e. The van der Waals surface area contributed by atoms with Crippen LogP contribution < -0.4 is 29.6 Å². The van der Waals surface area contributed by atoms with Crippen molar-refractivity contribution in [2.24, 2.45) is 5.41 Å². The third-order valence-corrected chi connectivity index (χ3v) is 11.9. The average Bonchev–Trinajstić information content (AvgIpc) is 3.41. The third kappa shape index (κ3) is 12.7. The number of carbonyl (C=O) groups excluding carboxylic acids is 2. The zero-order chi connectivity index (χ0) is 49.0. The van der Waals surface area contributed by atoms with Crippen molar-refractivity contribution in [1.29, 1.82) is 0 Å². The monoisotopic (exact) mass is 942 g/mol. The lowest BCUT2D eigenvalue weighted by Gasteiger charge is -2.36. The minimum Gasteiger partial charge on any atom is -0.497 e. The van der Waals surface area contributed by atoms with Gasteiger partial charge >= 0.3 is 12.2 Å². The van der Waals surface area contributed by atoms with E-state index in [4.69, 9.17) is 37.9 Å². The fourth-order valence-corrected chi connectivity index (χ4v) is 7.94. The molecule has 0 aliphatic carbocycles. The maximum absolute atomic E-state index is 12.9. The molecular weight excluding hydrogens is 881 g/mol. The van der Waals surface area contributed by atoms with Crippen LogP contribution in [0.5, 0.6) is 23.0 Å². The van der Waals surface area contributed by atoms with Crippen LogP contribution >= 0.6 is 0 Å². The number of ether oxygens (including phenoxy) is 8. The zero-order valence-corrected chi connectivity index (χ0v) is 39.6. The molecule has 0 atom stereocenters. The summed E-state index contributed by atoms with van der Waals surface area (Å²) in [4.78, 5) is 25.8. The van der Waals surface area contributed by atoms with Crippen LogP contribution in [0.1, 0.15) is 46.2 Å². The van der Waals surface area contributed by atoms with Gasteiger partial charge in [0.25, 0.3) is 0 Å². The predicted molar refractivity (Wildman–Crippen MR) is 261 cm³/mol. The molecule has 0 aromatic heterocycles. The van der Waals surface area contributed by atoms with Crippen molar-refractivity contribution in [3.05, 3.63) is 191 Å². The number of benzene rings is 6. The first-order valence-electron chi connectivity index (χ1n) is 22.7. The number of hydrogen-bond acceptors (Lipinski definition) is 12. The Kier molecular flexibility index (Phi) is 18.8. The Morgan fingerprint density at radius 2 is 0.696 bits per heavy atom. The van der Waals surface area contributed by atoms with Gasteiger partial charge in [-0.15, -0.1) is 0 Å². The predicted octanol–water partition coefficient (Wildman–Crippen LogP) is 8.24. The molecular formula is C55H62N2O12. The van der Waals surface area contributed by atoms with Crippen LogP contribution in [0.2, 0.25) is 0 Å². The van der Waals surface area contributed by atoms with E-state index in [1.165, 1.54) is 0 Å². The number of rotatable bonds is 26. The summed E-state index contributed by atoms with van der Waals surface area (Å²) in [5, 5.41) is 26.0. The summed E-state index contributed by atoms with van der Waals surface area (Å²) in [5.41, 5.74) is 1.79. The van der Waals surface area contributed by atoms with Gasteiger partial charge in [0.05, 0.1) is 60.3 Å². The van der Waals surface area contributed by atoms with E-state index in [1.54, 1.807) is 28.4 Å². The van der Waals surface area contributed by atoms with E-state index in [0.29, 0.717) is 35.8 Å². The van der Waals surface area contributed by atoms with Gasteiger partial charge in [0.15, 0.2) is 0 Å².